The van der Waals surface area contributed by atoms with Crippen molar-refractivity contribution in [3.63, 3.8) is 0 Å². The molecular formula is C59H112N2O6P+. The van der Waals surface area contributed by atoms with E-state index in [0.29, 0.717) is 17.4 Å². The summed E-state index contributed by atoms with van der Waals surface area (Å²) in [5.41, 5.74) is 0. The molecule has 1 amide bonds. The number of carbonyl (C=O) groups is 1. The molecule has 0 aliphatic heterocycles. The van der Waals surface area contributed by atoms with Crippen molar-refractivity contribution in [2.24, 2.45) is 0 Å². The fraction of sp³-hybridized carbons (Fsp3) is 0.814. The molecule has 0 aromatic carbocycles. The standard InChI is InChI=1S/C59H111N2O6P/c1-6-8-10-12-14-16-18-20-22-23-24-25-26-27-28-29-30-31-32-33-34-35-36-37-39-40-42-44-46-48-50-52-58(62)57(56-67-68(64,65)66-55-54-61(3,4)5)60-59(63)53-51-49-47-45-43-41-38-21-19-17-15-13-11-9-7-2/h15,17,21,36-38,42,44,50,52,57-58,62H,6-14,16,18-20,22-35,39-41,43,45-49,51,53-56H2,1-5H3,(H-,60,63,64,65)/p+1/b17-15-,37-36+,38-21-,44-42+,52-50+. The third-order valence-electron chi connectivity index (χ3n) is 12.7. The molecule has 0 radical (unpaired) electrons. The van der Waals surface area contributed by atoms with Crippen molar-refractivity contribution in [1.29, 1.82) is 0 Å². The largest absolute Gasteiger partial charge is 0.472 e. The molecule has 3 atom stereocenters. The fourth-order valence-electron chi connectivity index (χ4n) is 8.16. The van der Waals surface area contributed by atoms with Crippen molar-refractivity contribution in [1.82, 2.24) is 5.32 Å². The van der Waals surface area contributed by atoms with E-state index < -0.39 is 20.0 Å². The second-order valence-electron chi connectivity index (χ2n) is 20.6. The van der Waals surface area contributed by atoms with Crippen molar-refractivity contribution in [3.05, 3.63) is 60.8 Å². The molecule has 9 heteroatoms. The van der Waals surface area contributed by atoms with Gasteiger partial charge in [0.25, 0.3) is 0 Å². The summed E-state index contributed by atoms with van der Waals surface area (Å²) < 4.78 is 23.6. The SMILES string of the molecule is CCCCC/C=C\C/C=C\CCCCCCCC(=O)NC(COP(=O)(O)OCC[N+](C)(C)C)C(O)/C=C/CC/C=C/CC/C=C/CCCCCCCCCCCCCCCCCCCCCCC. The van der Waals surface area contributed by atoms with Gasteiger partial charge in [0.1, 0.15) is 13.2 Å². The molecule has 0 saturated heterocycles. The van der Waals surface area contributed by atoms with Crippen LogP contribution in [0.15, 0.2) is 60.8 Å². The van der Waals surface area contributed by atoms with E-state index in [1.807, 2.05) is 27.2 Å². The highest BCUT2D eigenvalue weighted by atomic mass is 31.2. The lowest BCUT2D eigenvalue weighted by atomic mass is 10.0. The lowest BCUT2D eigenvalue weighted by Gasteiger charge is -2.25. The summed E-state index contributed by atoms with van der Waals surface area (Å²) in [4.78, 5) is 23.2. The molecule has 8 nitrogen and oxygen atoms in total. The zero-order chi connectivity index (χ0) is 49.9. The summed E-state index contributed by atoms with van der Waals surface area (Å²) in [6.07, 6.45) is 67.7. The molecule has 0 heterocycles. The summed E-state index contributed by atoms with van der Waals surface area (Å²) in [6.45, 7) is 4.76. The number of nitrogens with one attached hydrogen (secondary N) is 1. The minimum atomic E-state index is -4.36. The third-order valence-corrected chi connectivity index (χ3v) is 13.7. The molecule has 3 unspecified atom stereocenters. The van der Waals surface area contributed by atoms with Crippen LogP contribution in [-0.2, 0) is 18.4 Å². The Morgan fingerprint density at radius 1 is 0.500 bits per heavy atom. The number of unbranched alkanes of at least 4 members (excludes halogenated alkanes) is 31. The Kier molecular flexibility index (Phi) is 48.8. The molecule has 0 aliphatic carbocycles. The molecule has 0 spiro atoms. The maximum atomic E-state index is 12.9. The lowest BCUT2D eigenvalue weighted by Crippen LogP contribution is -2.45. The number of aliphatic hydroxyl groups excluding tert-OH is 1. The highest BCUT2D eigenvalue weighted by Gasteiger charge is 2.27. The van der Waals surface area contributed by atoms with E-state index in [1.54, 1.807) is 6.08 Å². The number of amides is 1. The van der Waals surface area contributed by atoms with Gasteiger partial charge < -0.3 is 19.8 Å². The van der Waals surface area contributed by atoms with Gasteiger partial charge in [0, 0.05) is 6.42 Å². The van der Waals surface area contributed by atoms with E-state index in [4.69, 9.17) is 9.05 Å². The first-order chi connectivity index (χ1) is 33.0. The van der Waals surface area contributed by atoms with Crippen LogP contribution in [0.1, 0.15) is 258 Å². The van der Waals surface area contributed by atoms with Crippen LogP contribution in [0.2, 0.25) is 0 Å². The maximum Gasteiger partial charge on any atom is 0.472 e. The zero-order valence-corrected chi connectivity index (χ0v) is 46.2. The molecule has 0 bridgehead atoms. The van der Waals surface area contributed by atoms with Crippen molar-refractivity contribution in [2.45, 2.75) is 270 Å². The van der Waals surface area contributed by atoms with Crippen LogP contribution < -0.4 is 5.32 Å². The molecular weight excluding hydrogens is 864 g/mol. The zero-order valence-electron chi connectivity index (χ0n) is 45.3. The summed E-state index contributed by atoms with van der Waals surface area (Å²) >= 11 is 0. The third kappa shape index (κ3) is 52.0. The Bertz CT molecular complexity index is 1290. The van der Waals surface area contributed by atoms with Crippen LogP contribution in [0.4, 0.5) is 0 Å². The Hall–Kier alpha value is -1.80. The topological polar surface area (TPSA) is 105 Å². The van der Waals surface area contributed by atoms with E-state index >= 15 is 0 Å². The normalized spacial score (nSPS) is 14.4. The van der Waals surface area contributed by atoms with Gasteiger partial charge in [0.15, 0.2) is 0 Å². The Morgan fingerprint density at radius 2 is 0.853 bits per heavy atom. The predicted molar refractivity (Wildman–Crippen MR) is 295 cm³/mol. The second kappa shape index (κ2) is 50.2. The van der Waals surface area contributed by atoms with Crippen LogP contribution in [0.5, 0.6) is 0 Å². The maximum absolute atomic E-state index is 12.9. The molecule has 0 aliphatic rings. The van der Waals surface area contributed by atoms with E-state index in [9.17, 15) is 19.4 Å². The van der Waals surface area contributed by atoms with Crippen LogP contribution >= 0.6 is 7.82 Å². The van der Waals surface area contributed by atoms with Gasteiger partial charge in [0.2, 0.25) is 5.91 Å². The van der Waals surface area contributed by atoms with Crippen LogP contribution in [0, 0.1) is 0 Å². The highest BCUT2D eigenvalue weighted by Crippen LogP contribution is 2.43. The number of phosphoric acid groups is 1. The first-order valence-corrected chi connectivity index (χ1v) is 30.2. The summed E-state index contributed by atoms with van der Waals surface area (Å²) in [6, 6.07) is -0.880. The van der Waals surface area contributed by atoms with Crippen molar-refractivity contribution in [3.8, 4) is 0 Å². The average Bonchev–Trinajstić information content (AvgIpc) is 3.30. The van der Waals surface area contributed by atoms with E-state index in [-0.39, 0.29) is 19.1 Å². The van der Waals surface area contributed by atoms with Crippen LogP contribution in [-0.4, -0.2) is 73.4 Å². The molecule has 0 aromatic heterocycles. The van der Waals surface area contributed by atoms with E-state index in [2.05, 4.69) is 67.8 Å². The summed E-state index contributed by atoms with van der Waals surface area (Å²) in [7, 11) is 1.53. The van der Waals surface area contributed by atoms with E-state index in [0.717, 1.165) is 70.6 Å². The Balaban J connectivity index is 4.22. The van der Waals surface area contributed by atoms with Gasteiger partial charge in [-0.05, 0) is 77.0 Å². The van der Waals surface area contributed by atoms with Gasteiger partial charge in [-0.3, -0.25) is 13.8 Å². The molecule has 68 heavy (non-hydrogen) atoms. The number of phosphoric ester groups is 1. The average molecular weight is 977 g/mol. The summed E-state index contributed by atoms with van der Waals surface area (Å²) in [5, 5.41) is 13.9. The van der Waals surface area contributed by atoms with Gasteiger partial charge in [-0.25, -0.2) is 4.57 Å². The highest BCUT2D eigenvalue weighted by molar-refractivity contribution is 7.47. The smallest absolute Gasteiger partial charge is 0.387 e. The monoisotopic (exact) mass is 976 g/mol. The molecule has 0 fully saturated rings. The molecule has 0 rings (SSSR count). The number of rotatable bonds is 52. The Labute approximate surface area is 422 Å². The van der Waals surface area contributed by atoms with Gasteiger partial charge in [-0.1, -0.05) is 235 Å². The van der Waals surface area contributed by atoms with Crippen molar-refractivity contribution < 1.29 is 32.9 Å². The Morgan fingerprint density at radius 3 is 1.29 bits per heavy atom. The number of aliphatic hydroxyl groups is 1. The quantitative estimate of drug-likeness (QED) is 0.0243. The molecule has 3 N–H and O–H groups in total. The number of carbonyl (C=O) groups excluding carboxylic acids is 1. The number of nitrogens with zero attached hydrogens (tertiary/aromatic N) is 1. The van der Waals surface area contributed by atoms with E-state index in [1.165, 1.54) is 167 Å². The minimum absolute atomic E-state index is 0.0487. The summed E-state index contributed by atoms with van der Waals surface area (Å²) in [5.74, 6) is -0.205. The van der Waals surface area contributed by atoms with Gasteiger partial charge in [0.05, 0.1) is 39.9 Å². The first kappa shape index (κ1) is 66.2. The van der Waals surface area contributed by atoms with Crippen molar-refractivity contribution in [2.75, 3.05) is 40.9 Å². The fourth-order valence-corrected chi connectivity index (χ4v) is 8.90. The predicted octanol–water partition coefficient (Wildman–Crippen LogP) is 17.3. The number of hydrogen-bond acceptors (Lipinski definition) is 5. The van der Waals surface area contributed by atoms with Crippen LogP contribution in [0.3, 0.4) is 0 Å². The first-order valence-electron chi connectivity index (χ1n) is 28.7. The lowest BCUT2D eigenvalue weighted by molar-refractivity contribution is -0.870. The van der Waals surface area contributed by atoms with Gasteiger partial charge >= 0.3 is 7.82 Å². The minimum Gasteiger partial charge on any atom is -0.387 e. The molecule has 398 valence electrons. The number of allylic oxidation sites excluding steroid dienone is 9. The number of likely N-dealkylation sites (N-methyl/N-ethyl adjacent to an activating group) is 1. The second-order valence-corrected chi connectivity index (χ2v) is 22.1. The van der Waals surface area contributed by atoms with Gasteiger partial charge in [-0.15, -0.1) is 0 Å². The van der Waals surface area contributed by atoms with Crippen LogP contribution in [0.25, 0.3) is 0 Å². The number of quaternary nitrogens is 1. The molecule has 0 saturated carbocycles. The van der Waals surface area contributed by atoms with Gasteiger partial charge in [-0.2, -0.15) is 0 Å². The molecule has 0 aromatic rings. The van der Waals surface area contributed by atoms with Crippen molar-refractivity contribution >= 4 is 13.7 Å². The number of hydrogen-bond donors (Lipinski definition) is 3.